The van der Waals surface area contributed by atoms with Crippen molar-refractivity contribution in [3.63, 3.8) is 0 Å². The molecule has 0 aliphatic carbocycles. The van der Waals surface area contributed by atoms with Gasteiger partial charge in [-0.1, -0.05) is 44.2 Å². The van der Waals surface area contributed by atoms with Crippen LogP contribution >= 0.6 is 0 Å². The summed E-state index contributed by atoms with van der Waals surface area (Å²) in [5, 5.41) is 10.1. The Hall–Kier alpha value is -3.41. The number of carbonyl (C=O) groups is 2. The third kappa shape index (κ3) is 6.04. The summed E-state index contributed by atoms with van der Waals surface area (Å²) in [4.78, 5) is 23.9. The number of nitrogens with zero attached hydrogens (tertiary/aromatic N) is 2. The van der Waals surface area contributed by atoms with Crippen LogP contribution in [0.5, 0.6) is 0 Å². The number of hydrogen-bond acceptors (Lipinski definition) is 3. The van der Waals surface area contributed by atoms with Crippen molar-refractivity contribution < 1.29 is 9.59 Å². The first kappa shape index (κ1) is 20.3. The highest BCUT2D eigenvalue weighted by molar-refractivity contribution is 5.92. The van der Waals surface area contributed by atoms with Gasteiger partial charge in [-0.25, -0.2) is 4.68 Å². The average molecular weight is 390 g/mol. The topological polar surface area (TPSA) is 76.0 Å². The fourth-order valence-corrected chi connectivity index (χ4v) is 2.75. The molecule has 0 saturated carbocycles. The molecule has 6 heteroatoms. The highest BCUT2D eigenvalue weighted by Gasteiger charge is 2.08. The minimum absolute atomic E-state index is 0.00496. The molecule has 0 atom stereocenters. The Bertz CT molecular complexity index is 947. The van der Waals surface area contributed by atoms with Crippen LogP contribution in [-0.4, -0.2) is 21.6 Å². The average Bonchev–Trinajstić information content (AvgIpc) is 3.21. The zero-order valence-electron chi connectivity index (χ0n) is 16.8. The molecule has 0 spiro atoms. The van der Waals surface area contributed by atoms with E-state index < -0.39 is 0 Å². The van der Waals surface area contributed by atoms with Crippen LogP contribution in [0.15, 0.2) is 67.0 Å². The van der Waals surface area contributed by atoms with Gasteiger partial charge in [0.05, 0.1) is 11.9 Å². The molecule has 1 heterocycles. The molecule has 150 valence electrons. The second-order valence-electron chi connectivity index (χ2n) is 7.25. The molecule has 2 amide bonds. The molecule has 29 heavy (non-hydrogen) atoms. The summed E-state index contributed by atoms with van der Waals surface area (Å²) in [6.45, 7) is 4.17. The summed E-state index contributed by atoms with van der Waals surface area (Å²) in [5.41, 5.74) is 3.76. The second-order valence-corrected chi connectivity index (χ2v) is 7.25. The number of benzene rings is 2. The third-order valence-electron chi connectivity index (χ3n) is 4.53. The van der Waals surface area contributed by atoms with Gasteiger partial charge in [-0.15, -0.1) is 0 Å². The van der Waals surface area contributed by atoms with E-state index in [9.17, 15) is 9.59 Å². The number of aryl methyl sites for hydroxylation is 1. The normalized spacial score (nSPS) is 10.7. The zero-order chi connectivity index (χ0) is 20.6. The number of amides is 2. The predicted molar refractivity (Wildman–Crippen MR) is 114 cm³/mol. The molecule has 1 aromatic heterocycles. The number of hydrogen-bond donors (Lipinski definition) is 2. The van der Waals surface area contributed by atoms with Crippen LogP contribution in [0.4, 0.5) is 5.69 Å². The van der Waals surface area contributed by atoms with Gasteiger partial charge < -0.3 is 10.6 Å². The predicted octanol–water partition coefficient (Wildman–Crippen LogP) is 3.72. The Morgan fingerprint density at radius 2 is 1.72 bits per heavy atom. The molecule has 2 aromatic carbocycles. The van der Waals surface area contributed by atoms with Crippen molar-refractivity contribution in [2.24, 2.45) is 5.92 Å². The fourth-order valence-electron chi connectivity index (χ4n) is 2.75. The van der Waals surface area contributed by atoms with Crippen LogP contribution in [-0.2, 0) is 22.6 Å². The molecular weight excluding hydrogens is 364 g/mol. The molecule has 0 radical (unpaired) electrons. The number of rotatable bonds is 8. The lowest BCUT2D eigenvalue weighted by molar-refractivity contribution is -0.121. The highest BCUT2D eigenvalue weighted by Crippen LogP contribution is 2.12. The minimum atomic E-state index is -0.0613. The molecule has 0 aliphatic rings. The van der Waals surface area contributed by atoms with Gasteiger partial charge in [0.15, 0.2) is 0 Å². The van der Waals surface area contributed by atoms with E-state index in [1.165, 1.54) is 0 Å². The lowest BCUT2D eigenvalue weighted by Gasteiger charge is -2.09. The van der Waals surface area contributed by atoms with E-state index in [0.717, 1.165) is 22.5 Å². The molecule has 0 fully saturated rings. The SMILES string of the molecule is CC(C)C(=O)Nc1ccc(CNC(=O)CCc2cnn(-c3ccccc3)c2)cc1. The number of anilines is 1. The van der Waals surface area contributed by atoms with Crippen LogP contribution in [0.2, 0.25) is 0 Å². The summed E-state index contributed by atoms with van der Waals surface area (Å²) in [6, 6.07) is 17.4. The molecule has 2 N–H and O–H groups in total. The standard InChI is InChI=1S/C23H26N4O2/c1-17(2)23(29)26-20-11-8-18(9-12-20)14-24-22(28)13-10-19-15-25-27(16-19)21-6-4-3-5-7-21/h3-9,11-12,15-17H,10,13-14H2,1-2H3,(H,24,28)(H,26,29). The lowest BCUT2D eigenvalue weighted by Crippen LogP contribution is -2.23. The molecule has 0 saturated heterocycles. The Labute approximate surface area is 170 Å². The van der Waals surface area contributed by atoms with Crippen molar-refractivity contribution in [2.45, 2.75) is 33.2 Å². The van der Waals surface area contributed by atoms with Gasteiger partial charge >= 0.3 is 0 Å². The maximum absolute atomic E-state index is 12.2. The highest BCUT2D eigenvalue weighted by atomic mass is 16.2. The van der Waals surface area contributed by atoms with E-state index in [1.807, 2.05) is 79.3 Å². The largest absolute Gasteiger partial charge is 0.352 e. The van der Waals surface area contributed by atoms with Gasteiger partial charge in [-0.05, 0) is 41.8 Å². The van der Waals surface area contributed by atoms with Gasteiger partial charge in [0.25, 0.3) is 0 Å². The Kier molecular flexibility index (Phi) is 6.79. The molecule has 6 nitrogen and oxygen atoms in total. The molecule has 3 rings (SSSR count). The quantitative estimate of drug-likeness (QED) is 0.616. The minimum Gasteiger partial charge on any atom is -0.352 e. The monoisotopic (exact) mass is 390 g/mol. The van der Waals surface area contributed by atoms with Crippen LogP contribution in [0, 0.1) is 5.92 Å². The van der Waals surface area contributed by atoms with Gasteiger partial charge in [-0.3, -0.25) is 9.59 Å². The van der Waals surface area contributed by atoms with Crippen molar-refractivity contribution in [2.75, 3.05) is 5.32 Å². The maximum Gasteiger partial charge on any atom is 0.226 e. The first-order chi connectivity index (χ1) is 14.0. The van der Waals surface area contributed by atoms with Crippen molar-refractivity contribution >= 4 is 17.5 Å². The summed E-state index contributed by atoms with van der Waals surface area (Å²) < 4.78 is 1.81. The number of aromatic nitrogens is 2. The number of nitrogens with one attached hydrogen (secondary N) is 2. The van der Waals surface area contributed by atoms with Gasteiger partial charge in [-0.2, -0.15) is 5.10 Å². The van der Waals surface area contributed by atoms with E-state index in [2.05, 4.69) is 15.7 Å². The summed E-state index contributed by atoms with van der Waals surface area (Å²) in [5.74, 6) is -0.0787. The van der Waals surface area contributed by atoms with E-state index >= 15 is 0 Å². The third-order valence-corrected chi connectivity index (χ3v) is 4.53. The first-order valence-corrected chi connectivity index (χ1v) is 9.77. The molecule has 0 unspecified atom stereocenters. The molecular formula is C23H26N4O2. The summed E-state index contributed by atoms with van der Waals surface area (Å²) in [6.07, 6.45) is 4.79. The van der Waals surface area contributed by atoms with Gasteiger partial charge in [0.1, 0.15) is 0 Å². The van der Waals surface area contributed by atoms with Crippen LogP contribution in [0.25, 0.3) is 5.69 Å². The van der Waals surface area contributed by atoms with Gasteiger partial charge in [0, 0.05) is 30.8 Å². The molecule has 3 aromatic rings. The Morgan fingerprint density at radius 1 is 1.00 bits per heavy atom. The van der Waals surface area contributed by atoms with Gasteiger partial charge in [0.2, 0.25) is 11.8 Å². The zero-order valence-corrected chi connectivity index (χ0v) is 16.8. The lowest BCUT2D eigenvalue weighted by atomic mass is 10.1. The van der Waals surface area contributed by atoms with E-state index in [1.54, 1.807) is 6.20 Å². The van der Waals surface area contributed by atoms with Crippen LogP contribution in [0.3, 0.4) is 0 Å². The number of para-hydroxylation sites is 1. The van der Waals surface area contributed by atoms with Crippen LogP contribution < -0.4 is 10.6 Å². The molecule has 0 bridgehead atoms. The van der Waals surface area contributed by atoms with Crippen molar-refractivity contribution in [3.05, 3.63) is 78.1 Å². The smallest absolute Gasteiger partial charge is 0.226 e. The Morgan fingerprint density at radius 3 is 2.41 bits per heavy atom. The summed E-state index contributed by atoms with van der Waals surface area (Å²) in [7, 11) is 0. The first-order valence-electron chi connectivity index (χ1n) is 9.77. The maximum atomic E-state index is 12.2. The van der Waals surface area contributed by atoms with Crippen molar-refractivity contribution in [1.29, 1.82) is 0 Å². The molecule has 0 aliphatic heterocycles. The fraction of sp³-hybridized carbons (Fsp3) is 0.261. The van der Waals surface area contributed by atoms with Crippen LogP contribution in [0.1, 0.15) is 31.4 Å². The van der Waals surface area contributed by atoms with Crippen molar-refractivity contribution in [3.8, 4) is 5.69 Å². The van der Waals surface area contributed by atoms with E-state index in [-0.39, 0.29) is 17.7 Å². The van der Waals surface area contributed by atoms with E-state index in [0.29, 0.717) is 19.4 Å². The second kappa shape index (κ2) is 9.68. The van der Waals surface area contributed by atoms with Crippen molar-refractivity contribution in [1.82, 2.24) is 15.1 Å². The van der Waals surface area contributed by atoms with E-state index in [4.69, 9.17) is 0 Å². The summed E-state index contributed by atoms with van der Waals surface area (Å²) >= 11 is 0. The Balaban J connectivity index is 1.43. The number of carbonyl (C=O) groups excluding carboxylic acids is 2.